The van der Waals surface area contributed by atoms with Crippen LogP contribution in [0.25, 0.3) is 4.85 Å². The summed E-state index contributed by atoms with van der Waals surface area (Å²) < 4.78 is 15.8. The van der Waals surface area contributed by atoms with Gasteiger partial charge in [-0.25, -0.2) is 4.85 Å². The summed E-state index contributed by atoms with van der Waals surface area (Å²) in [7, 11) is 4.58. The van der Waals surface area contributed by atoms with Crippen molar-refractivity contribution < 1.29 is 19.0 Å². The summed E-state index contributed by atoms with van der Waals surface area (Å²) in [6, 6.07) is 10.2. The second-order valence-corrected chi connectivity index (χ2v) is 4.92. The number of amides is 1. The average molecular weight is 326 g/mol. The molecule has 24 heavy (non-hydrogen) atoms. The van der Waals surface area contributed by atoms with Gasteiger partial charge in [0, 0.05) is 5.69 Å². The Kier molecular flexibility index (Phi) is 5.63. The Labute approximate surface area is 140 Å². The lowest BCUT2D eigenvalue weighted by atomic mass is 10.1. The van der Waals surface area contributed by atoms with Crippen molar-refractivity contribution in [3.8, 4) is 17.2 Å². The van der Waals surface area contributed by atoms with E-state index in [1.54, 1.807) is 36.4 Å². The molecule has 0 heterocycles. The van der Waals surface area contributed by atoms with Crippen LogP contribution in [0.1, 0.15) is 5.56 Å². The predicted octanol–water partition coefficient (Wildman–Crippen LogP) is 3.44. The molecule has 0 aliphatic heterocycles. The minimum Gasteiger partial charge on any atom is -0.493 e. The summed E-state index contributed by atoms with van der Waals surface area (Å²) in [6.07, 6.45) is 0.154. The van der Waals surface area contributed by atoms with Crippen molar-refractivity contribution in [3.63, 3.8) is 0 Å². The maximum Gasteiger partial charge on any atom is 0.228 e. The average Bonchev–Trinajstić information content (AvgIpc) is 2.61. The molecule has 0 unspecified atom stereocenters. The standard InChI is InChI=1S/C18H18N2O4/c1-19-13-5-7-14(8-6-13)20-17(21)11-12-9-15(22-2)18(24-4)16(10-12)23-3/h5-10H,11H2,2-4H3,(H,20,21). The molecule has 0 bridgehead atoms. The fourth-order valence-corrected chi connectivity index (χ4v) is 2.25. The monoisotopic (exact) mass is 326 g/mol. The SMILES string of the molecule is [C-]#[N+]c1ccc(NC(=O)Cc2cc(OC)c(OC)c(OC)c2)cc1. The lowest BCUT2D eigenvalue weighted by Crippen LogP contribution is -2.14. The first-order valence-electron chi connectivity index (χ1n) is 7.17. The number of carbonyl (C=O) groups is 1. The Hall–Kier alpha value is -3.20. The summed E-state index contributed by atoms with van der Waals surface area (Å²) in [6.45, 7) is 6.92. The van der Waals surface area contributed by atoms with Gasteiger partial charge in [0.05, 0.1) is 34.3 Å². The smallest absolute Gasteiger partial charge is 0.228 e. The van der Waals surface area contributed by atoms with Crippen LogP contribution in [0, 0.1) is 6.57 Å². The third-order valence-corrected chi connectivity index (χ3v) is 3.37. The third kappa shape index (κ3) is 3.96. The summed E-state index contributed by atoms with van der Waals surface area (Å²) in [5, 5.41) is 2.79. The van der Waals surface area contributed by atoms with Gasteiger partial charge in [-0.15, -0.1) is 0 Å². The lowest BCUT2D eigenvalue weighted by molar-refractivity contribution is -0.115. The lowest BCUT2D eigenvalue weighted by Gasteiger charge is -2.14. The highest BCUT2D eigenvalue weighted by molar-refractivity contribution is 5.92. The van der Waals surface area contributed by atoms with Crippen molar-refractivity contribution in [1.82, 2.24) is 0 Å². The number of benzene rings is 2. The van der Waals surface area contributed by atoms with Crippen LogP contribution < -0.4 is 19.5 Å². The van der Waals surface area contributed by atoms with E-state index in [1.165, 1.54) is 21.3 Å². The van der Waals surface area contributed by atoms with Crippen molar-refractivity contribution in [2.45, 2.75) is 6.42 Å². The van der Waals surface area contributed by atoms with Gasteiger partial charge < -0.3 is 19.5 Å². The maximum absolute atomic E-state index is 12.2. The molecule has 0 saturated heterocycles. The van der Waals surface area contributed by atoms with E-state index in [0.717, 1.165) is 5.56 Å². The minimum absolute atomic E-state index is 0.154. The largest absolute Gasteiger partial charge is 0.493 e. The molecule has 2 aromatic carbocycles. The number of hydrogen-bond acceptors (Lipinski definition) is 4. The van der Waals surface area contributed by atoms with Crippen molar-refractivity contribution >= 4 is 17.3 Å². The van der Waals surface area contributed by atoms with E-state index in [2.05, 4.69) is 10.2 Å². The van der Waals surface area contributed by atoms with Gasteiger partial charge in [0.2, 0.25) is 11.7 Å². The second-order valence-electron chi connectivity index (χ2n) is 4.92. The summed E-state index contributed by atoms with van der Waals surface area (Å²) in [4.78, 5) is 15.5. The highest BCUT2D eigenvalue weighted by Crippen LogP contribution is 2.38. The van der Waals surface area contributed by atoms with Gasteiger partial charge in [0.25, 0.3) is 0 Å². The van der Waals surface area contributed by atoms with Gasteiger partial charge in [0.15, 0.2) is 17.2 Å². The minimum atomic E-state index is -0.181. The van der Waals surface area contributed by atoms with Crippen molar-refractivity contribution in [2.24, 2.45) is 0 Å². The number of nitrogens with zero attached hydrogens (tertiary/aromatic N) is 1. The van der Waals surface area contributed by atoms with Crippen LogP contribution in [0.2, 0.25) is 0 Å². The van der Waals surface area contributed by atoms with Gasteiger partial charge >= 0.3 is 0 Å². The zero-order valence-corrected chi connectivity index (χ0v) is 13.8. The van der Waals surface area contributed by atoms with Gasteiger partial charge in [-0.05, 0) is 29.8 Å². The normalized spacial score (nSPS) is 9.75. The highest BCUT2D eigenvalue weighted by Gasteiger charge is 2.15. The molecule has 6 nitrogen and oxygen atoms in total. The molecule has 2 aromatic rings. The Morgan fingerprint density at radius 1 is 1.04 bits per heavy atom. The zero-order chi connectivity index (χ0) is 17.5. The fourth-order valence-electron chi connectivity index (χ4n) is 2.25. The number of carbonyl (C=O) groups excluding carboxylic acids is 1. The van der Waals surface area contributed by atoms with E-state index < -0.39 is 0 Å². The van der Waals surface area contributed by atoms with Crippen LogP contribution in [-0.2, 0) is 11.2 Å². The van der Waals surface area contributed by atoms with E-state index in [-0.39, 0.29) is 12.3 Å². The van der Waals surface area contributed by atoms with Crippen LogP contribution in [0.3, 0.4) is 0 Å². The van der Waals surface area contributed by atoms with E-state index in [4.69, 9.17) is 20.8 Å². The number of rotatable bonds is 6. The van der Waals surface area contributed by atoms with E-state index in [9.17, 15) is 4.79 Å². The summed E-state index contributed by atoms with van der Waals surface area (Å²) in [5.74, 6) is 1.31. The van der Waals surface area contributed by atoms with Crippen LogP contribution in [-0.4, -0.2) is 27.2 Å². The molecular formula is C18H18N2O4. The van der Waals surface area contributed by atoms with Gasteiger partial charge in [-0.1, -0.05) is 12.1 Å². The molecular weight excluding hydrogens is 308 g/mol. The number of hydrogen-bond donors (Lipinski definition) is 1. The summed E-state index contributed by atoms with van der Waals surface area (Å²) >= 11 is 0. The van der Waals surface area contributed by atoms with Crippen LogP contribution >= 0.6 is 0 Å². The molecule has 0 aromatic heterocycles. The number of methoxy groups -OCH3 is 3. The molecule has 0 aliphatic rings. The zero-order valence-electron chi connectivity index (χ0n) is 13.8. The summed E-state index contributed by atoms with van der Waals surface area (Å²) in [5.41, 5.74) is 1.90. The molecule has 124 valence electrons. The molecule has 0 aliphatic carbocycles. The third-order valence-electron chi connectivity index (χ3n) is 3.37. The van der Waals surface area contributed by atoms with Crippen LogP contribution in [0.15, 0.2) is 36.4 Å². The Morgan fingerprint density at radius 3 is 2.08 bits per heavy atom. The molecule has 0 fully saturated rings. The molecule has 0 atom stereocenters. The highest BCUT2D eigenvalue weighted by atomic mass is 16.5. The van der Waals surface area contributed by atoms with E-state index >= 15 is 0 Å². The van der Waals surface area contributed by atoms with Gasteiger partial charge in [-0.2, -0.15) is 0 Å². The molecule has 0 saturated carbocycles. The number of anilines is 1. The second kappa shape index (κ2) is 7.88. The first kappa shape index (κ1) is 17.2. The topological polar surface area (TPSA) is 61.2 Å². The first-order valence-corrected chi connectivity index (χ1v) is 7.17. The van der Waals surface area contributed by atoms with E-state index in [1.807, 2.05) is 0 Å². The number of nitrogens with one attached hydrogen (secondary N) is 1. The molecule has 1 N–H and O–H groups in total. The van der Waals surface area contributed by atoms with Crippen molar-refractivity contribution in [3.05, 3.63) is 53.4 Å². The van der Waals surface area contributed by atoms with Crippen LogP contribution in [0.4, 0.5) is 11.4 Å². The Morgan fingerprint density at radius 2 is 1.62 bits per heavy atom. The van der Waals surface area contributed by atoms with E-state index in [0.29, 0.717) is 28.6 Å². The van der Waals surface area contributed by atoms with Crippen molar-refractivity contribution in [2.75, 3.05) is 26.6 Å². The Balaban J connectivity index is 2.14. The van der Waals surface area contributed by atoms with Gasteiger partial charge in [0.1, 0.15) is 0 Å². The predicted molar refractivity (Wildman–Crippen MR) is 91.1 cm³/mol. The quantitative estimate of drug-likeness (QED) is 0.826. The van der Waals surface area contributed by atoms with Crippen molar-refractivity contribution in [1.29, 1.82) is 0 Å². The van der Waals surface area contributed by atoms with Crippen LogP contribution in [0.5, 0.6) is 17.2 Å². The molecule has 6 heteroatoms. The Bertz CT molecular complexity index is 739. The maximum atomic E-state index is 12.2. The number of ether oxygens (including phenoxy) is 3. The molecule has 1 amide bonds. The molecule has 0 radical (unpaired) electrons. The molecule has 2 rings (SSSR count). The van der Waals surface area contributed by atoms with Gasteiger partial charge in [-0.3, -0.25) is 4.79 Å². The first-order chi connectivity index (χ1) is 11.6. The fraction of sp³-hybridized carbons (Fsp3) is 0.222. The molecule has 0 spiro atoms.